The highest BCUT2D eigenvalue weighted by Gasteiger charge is 2.31. The molecule has 7 heteroatoms. The molecule has 1 saturated heterocycles. The van der Waals surface area contributed by atoms with Gasteiger partial charge in [0, 0.05) is 12.1 Å². The van der Waals surface area contributed by atoms with E-state index in [9.17, 15) is 9.59 Å². The number of esters is 1. The third kappa shape index (κ3) is 5.93. The summed E-state index contributed by atoms with van der Waals surface area (Å²) in [5, 5.41) is 0. The summed E-state index contributed by atoms with van der Waals surface area (Å²) in [6.07, 6.45) is 3.49. The molecular formula is C23H23NO4S2. The number of hydrogen-bond acceptors (Lipinski definition) is 6. The number of benzene rings is 2. The minimum atomic E-state index is -0.433. The van der Waals surface area contributed by atoms with Gasteiger partial charge < -0.3 is 9.47 Å². The van der Waals surface area contributed by atoms with Crippen LogP contribution in [-0.4, -0.2) is 40.9 Å². The van der Waals surface area contributed by atoms with E-state index in [0.717, 1.165) is 12.8 Å². The first-order valence-electron chi connectivity index (χ1n) is 9.75. The quantitative estimate of drug-likeness (QED) is 0.325. The van der Waals surface area contributed by atoms with Crippen LogP contribution in [0.5, 0.6) is 5.75 Å². The van der Waals surface area contributed by atoms with Gasteiger partial charge in [0.25, 0.3) is 5.91 Å². The van der Waals surface area contributed by atoms with E-state index in [-0.39, 0.29) is 12.5 Å². The molecule has 156 valence electrons. The van der Waals surface area contributed by atoms with E-state index >= 15 is 0 Å². The van der Waals surface area contributed by atoms with Crippen molar-refractivity contribution in [3.05, 3.63) is 70.6 Å². The van der Waals surface area contributed by atoms with E-state index in [4.69, 9.17) is 21.7 Å². The number of thiocarbonyl (C=S) groups is 1. The zero-order valence-electron chi connectivity index (χ0n) is 16.7. The molecule has 0 radical (unpaired) electrons. The molecule has 2 aromatic carbocycles. The average Bonchev–Trinajstić information content (AvgIpc) is 3.01. The van der Waals surface area contributed by atoms with Crippen molar-refractivity contribution in [3.63, 3.8) is 0 Å². The normalized spacial score (nSPS) is 15.0. The standard InChI is InChI=1S/C23H23NO4S2/c1-2-27-21(25)16-28-19-13-7-6-12-18(19)15-20-22(26)24(23(29)30-20)14-8-11-17-9-4-3-5-10-17/h3-7,9-10,12-13,15H,2,8,11,14,16H2,1H3. The molecule has 1 heterocycles. The second-order valence-corrected chi connectivity index (χ2v) is 8.23. The van der Waals surface area contributed by atoms with Gasteiger partial charge in [-0.3, -0.25) is 9.69 Å². The number of aryl methyl sites for hydroxylation is 1. The Balaban J connectivity index is 1.64. The van der Waals surface area contributed by atoms with Crippen LogP contribution in [0.2, 0.25) is 0 Å². The molecule has 0 saturated carbocycles. The van der Waals surface area contributed by atoms with Crippen molar-refractivity contribution in [2.45, 2.75) is 19.8 Å². The number of hydrogen-bond donors (Lipinski definition) is 0. The Kier molecular flexibility index (Phi) is 8.04. The molecule has 0 aromatic heterocycles. The van der Waals surface area contributed by atoms with E-state index < -0.39 is 5.97 Å². The number of ether oxygens (including phenoxy) is 2. The van der Waals surface area contributed by atoms with E-state index in [1.165, 1.54) is 17.3 Å². The molecule has 0 unspecified atom stereocenters. The fourth-order valence-electron chi connectivity index (χ4n) is 2.99. The van der Waals surface area contributed by atoms with Gasteiger partial charge in [-0.05, 0) is 37.5 Å². The van der Waals surface area contributed by atoms with Crippen molar-refractivity contribution < 1.29 is 19.1 Å². The van der Waals surface area contributed by atoms with Crippen LogP contribution in [0.25, 0.3) is 6.08 Å². The highest BCUT2D eigenvalue weighted by molar-refractivity contribution is 8.26. The van der Waals surface area contributed by atoms with Crippen molar-refractivity contribution in [2.75, 3.05) is 19.8 Å². The van der Waals surface area contributed by atoms with Gasteiger partial charge in [0.15, 0.2) is 6.61 Å². The third-order valence-electron chi connectivity index (χ3n) is 4.42. The van der Waals surface area contributed by atoms with Crippen molar-refractivity contribution in [1.82, 2.24) is 4.90 Å². The van der Waals surface area contributed by atoms with Crippen LogP contribution in [0.1, 0.15) is 24.5 Å². The predicted octanol–water partition coefficient (Wildman–Crippen LogP) is 4.46. The van der Waals surface area contributed by atoms with Crippen LogP contribution >= 0.6 is 24.0 Å². The van der Waals surface area contributed by atoms with Crippen LogP contribution in [0, 0.1) is 0 Å². The average molecular weight is 442 g/mol. The Bertz CT molecular complexity index is 943. The van der Waals surface area contributed by atoms with Gasteiger partial charge in [0.2, 0.25) is 0 Å². The molecule has 0 spiro atoms. The number of amides is 1. The maximum atomic E-state index is 12.9. The van der Waals surface area contributed by atoms with Gasteiger partial charge in [-0.1, -0.05) is 72.5 Å². The van der Waals surface area contributed by atoms with Gasteiger partial charge in [0.1, 0.15) is 10.1 Å². The van der Waals surface area contributed by atoms with Crippen LogP contribution in [-0.2, 0) is 20.7 Å². The molecule has 1 fully saturated rings. The lowest BCUT2D eigenvalue weighted by Crippen LogP contribution is -2.29. The van der Waals surface area contributed by atoms with E-state index in [0.29, 0.717) is 33.7 Å². The number of para-hydroxylation sites is 1. The summed E-state index contributed by atoms with van der Waals surface area (Å²) in [6, 6.07) is 17.4. The van der Waals surface area contributed by atoms with Crippen LogP contribution in [0.15, 0.2) is 59.5 Å². The minimum absolute atomic E-state index is 0.0988. The Labute approximate surface area is 186 Å². The van der Waals surface area contributed by atoms with Crippen molar-refractivity contribution >= 4 is 46.3 Å². The molecule has 0 bridgehead atoms. The van der Waals surface area contributed by atoms with Gasteiger partial charge in [0.05, 0.1) is 11.5 Å². The Hall–Kier alpha value is -2.64. The molecule has 2 aromatic rings. The van der Waals surface area contributed by atoms with Crippen LogP contribution < -0.4 is 4.74 Å². The number of nitrogens with zero attached hydrogens (tertiary/aromatic N) is 1. The SMILES string of the molecule is CCOC(=O)COc1ccccc1C=C1SC(=S)N(CCCc2ccccc2)C1=O. The molecule has 0 atom stereocenters. The van der Waals surface area contributed by atoms with Crippen LogP contribution in [0.3, 0.4) is 0 Å². The fourth-order valence-corrected chi connectivity index (χ4v) is 4.29. The van der Waals surface area contributed by atoms with Gasteiger partial charge in [-0.25, -0.2) is 4.79 Å². The molecule has 0 N–H and O–H groups in total. The van der Waals surface area contributed by atoms with Crippen molar-refractivity contribution in [2.24, 2.45) is 0 Å². The summed E-state index contributed by atoms with van der Waals surface area (Å²) in [4.78, 5) is 26.6. The highest BCUT2D eigenvalue weighted by Crippen LogP contribution is 2.34. The topological polar surface area (TPSA) is 55.8 Å². The largest absolute Gasteiger partial charge is 0.481 e. The number of carbonyl (C=O) groups excluding carboxylic acids is 2. The maximum Gasteiger partial charge on any atom is 0.344 e. The zero-order chi connectivity index (χ0) is 21.3. The second kappa shape index (κ2) is 10.9. The number of rotatable bonds is 9. The summed E-state index contributed by atoms with van der Waals surface area (Å²) >= 11 is 6.71. The predicted molar refractivity (Wildman–Crippen MR) is 123 cm³/mol. The summed E-state index contributed by atoms with van der Waals surface area (Å²) < 4.78 is 11.0. The summed E-state index contributed by atoms with van der Waals surface area (Å²) in [7, 11) is 0. The molecule has 1 aliphatic rings. The van der Waals surface area contributed by atoms with Crippen LogP contribution in [0.4, 0.5) is 0 Å². The van der Waals surface area contributed by atoms with Crippen molar-refractivity contribution in [3.8, 4) is 5.75 Å². The molecule has 1 aliphatic heterocycles. The monoisotopic (exact) mass is 441 g/mol. The summed E-state index contributed by atoms with van der Waals surface area (Å²) in [6.45, 7) is 2.45. The molecule has 3 rings (SSSR count). The Morgan fingerprint density at radius 2 is 1.87 bits per heavy atom. The summed E-state index contributed by atoms with van der Waals surface area (Å²) in [5.74, 6) is -0.0183. The zero-order valence-corrected chi connectivity index (χ0v) is 18.3. The third-order valence-corrected chi connectivity index (χ3v) is 5.80. The lowest BCUT2D eigenvalue weighted by molar-refractivity contribution is -0.145. The van der Waals surface area contributed by atoms with Gasteiger partial charge in [-0.15, -0.1) is 0 Å². The lowest BCUT2D eigenvalue weighted by atomic mass is 10.1. The lowest BCUT2D eigenvalue weighted by Gasteiger charge is -2.14. The maximum absolute atomic E-state index is 12.9. The van der Waals surface area contributed by atoms with E-state index in [1.54, 1.807) is 24.0 Å². The van der Waals surface area contributed by atoms with E-state index in [2.05, 4.69) is 12.1 Å². The molecular weight excluding hydrogens is 418 g/mol. The first kappa shape index (κ1) is 22.1. The molecule has 1 amide bonds. The highest BCUT2D eigenvalue weighted by atomic mass is 32.2. The van der Waals surface area contributed by atoms with Gasteiger partial charge in [-0.2, -0.15) is 0 Å². The van der Waals surface area contributed by atoms with Crippen molar-refractivity contribution in [1.29, 1.82) is 0 Å². The second-order valence-electron chi connectivity index (χ2n) is 6.55. The van der Waals surface area contributed by atoms with Gasteiger partial charge >= 0.3 is 5.97 Å². The molecule has 5 nitrogen and oxygen atoms in total. The number of thioether (sulfide) groups is 1. The Morgan fingerprint density at radius 1 is 1.13 bits per heavy atom. The first-order valence-corrected chi connectivity index (χ1v) is 11.0. The Morgan fingerprint density at radius 3 is 2.63 bits per heavy atom. The summed E-state index contributed by atoms with van der Waals surface area (Å²) in [5.41, 5.74) is 1.96. The first-order chi connectivity index (χ1) is 14.6. The molecule has 0 aliphatic carbocycles. The fraction of sp³-hybridized carbons (Fsp3) is 0.261. The minimum Gasteiger partial charge on any atom is -0.481 e. The molecule has 30 heavy (non-hydrogen) atoms. The van der Waals surface area contributed by atoms with E-state index in [1.807, 2.05) is 36.4 Å². The smallest absolute Gasteiger partial charge is 0.344 e. The number of carbonyl (C=O) groups is 2.